The van der Waals surface area contributed by atoms with Gasteiger partial charge in [0.1, 0.15) is 5.52 Å². The largest absolute Gasteiger partial charge is 0.396 e. The summed E-state index contributed by atoms with van der Waals surface area (Å²) in [6, 6.07) is 1.93. The van der Waals surface area contributed by atoms with Crippen LogP contribution in [0.3, 0.4) is 0 Å². The van der Waals surface area contributed by atoms with Crippen LogP contribution in [0.4, 0.5) is 5.82 Å². The quantitative estimate of drug-likeness (QED) is 0.807. The normalized spacial score (nSPS) is 12.9. The molecule has 86 valence electrons. The molecule has 0 saturated heterocycles. The highest BCUT2D eigenvalue weighted by molar-refractivity contribution is 5.85. The molecule has 0 aromatic carbocycles. The predicted molar refractivity (Wildman–Crippen MR) is 63.2 cm³/mol. The SMILES string of the molecule is CC(CO)CNc1nccc2c1ncn2C. The molecule has 16 heavy (non-hydrogen) atoms. The van der Waals surface area contributed by atoms with Gasteiger partial charge in [-0.25, -0.2) is 9.97 Å². The lowest BCUT2D eigenvalue weighted by Crippen LogP contribution is -2.15. The lowest BCUT2D eigenvalue weighted by Gasteiger charge is -2.10. The summed E-state index contributed by atoms with van der Waals surface area (Å²) in [5.74, 6) is 0.985. The Hall–Kier alpha value is -1.62. The van der Waals surface area contributed by atoms with Gasteiger partial charge in [0.15, 0.2) is 5.82 Å². The molecule has 5 heteroatoms. The van der Waals surface area contributed by atoms with Crippen molar-refractivity contribution in [2.75, 3.05) is 18.5 Å². The van der Waals surface area contributed by atoms with E-state index in [1.165, 1.54) is 0 Å². The Kier molecular flexibility index (Phi) is 3.05. The van der Waals surface area contributed by atoms with Crippen LogP contribution in [0.5, 0.6) is 0 Å². The third kappa shape index (κ3) is 1.99. The zero-order valence-corrected chi connectivity index (χ0v) is 9.51. The molecule has 2 heterocycles. The molecular formula is C11H16N4O. The van der Waals surface area contributed by atoms with Crippen molar-refractivity contribution in [1.82, 2.24) is 14.5 Å². The monoisotopic (exact) mass is 220 g/mol. The van der Waals surface area contributed by atoms with Gasteiger partial charge in [-0.1, -0.05) is 6.92 Å². The highest BCUT2D eigenvalue weighted by Crippen LogP contribution is 2.18. The zero-order valence-electron chi connectivity index (χ0n) is 9.51. The smallest absolute Gasteiger partial charge is 0.154 e. The maximum Gasteiger partial charge on any atom is 0.154 e. The lowest BCUT2D eigenvalue weighted by atomic mass is 10.2. The first-order chi connectivity index (χ1) is 7.72. The van der Waals surface area contributed by atoms with Crippen LogP contribution in [-0.2, 0) is 7.05 Å². The Labute approximate surface area is 94.1 Å². The Morgan fingerprint density at radius 1 is 1.50 bits per heavy atom. The molecule has 2 aromatic rings. The Bertz CT molecular complexity index is 480. The molecule has 0 spiro atoms. The first-order valence-electron chi connectivity index (χ1n) is 5.33. The van der Waals surface area contributed by atoms with E-state index in [1.807, 2.05) is 24.6 Å². The molecule has 0 fully saturated rings. The third-order valence-electron chi connectivity index (χ3n) is 2.57. The van der Waals surface area contributed by atoms with Crippen molar-refractivity contribution in [2.24, 2.45) is 13.0 Å². The molecular weight excluding hydrogens is 204 g/mol. The molecule has 0 saturated carbocycles. The molecule has 0 aliphatic heterocycles. The number of fused-ring (bicyclic) bond motifs is 1. The maximum absolute atomic E-state index is 8.95. The summed E-state index contributed by atoms with van der Waals surface area (Å²) in [5.41, 5.74) is 1.92. The maximum atomic E-state index is 8.95. The van der Waals surface area contributed by atoms with E-state index in [0.717, 1.165) is 16.9 Å². The third-order valence-corrected chi connectivity index (χ3v) is 2.57. The zero-order chi connectivity index (χ0) is 11.5. The molecule has 0 radical (unpaired) electrons. The number of aromatic nitrogens is 3. The minimum Gasteiger partial charge on any atom is -0.396 e. The second kappa shape index (κ2) is 4.49. The molecule has 0 bridgehead atoms. The summed E-state index contributed by atoms with van der Waals surface area (Å²) in [7, 11) is 1.95. The van der Waals surface area contributed by atoms with Crippen molar-refractivity contribution in [1.29, 1.82) is 0 Å². The second-order valence-corrected chi connectivity index (χ2v) is 4.05. The number of aliphatic hydroxyl groups is 1. The molecule has 0 aliphatic rings. The van der Waals surface area contributed by atoms with Crippen LogP contribution in [0.15, 0.2) is 18.6 Å². The Morgan fingerprint density at radius 2 is 2.31 bits per heavy atom. The standard InChI is InChI=1S/C11H16N4O/c1-8(6-16)5-13-11-10-9(3-4-12-11)15(2)7-14-10/h3-4,7-8,16H,5-6H2,1-2H3,(H,12,13). The van der Waals surface area contributed by atoms with E-state index in [9.17, 15) is 0 Å². The van der Waals surface area contributed by atoms with Gasteiger partial charge in [-0.05, 0) is 12.0 Å². The van der Waals surface area contributed by atoms with Crippen molar-refractivity contribution in [3.05, 3.63) is 18.6 Å². The lowest BCUT2D eigenvalue weighted by molar-refractivity contribution is 0.244. The fraction of sp³-hybridized carbons (Fsp3) is 0.455. The Balaban J connectivity index is 2.24. The fourth-order valence-corrected chi connectivity index (χ4v) is 1.53. The van der Waals surface area contributed by atoms with E-state index in [1.54, 1.807) is 12.5 Å². The number of anilines is 1. The van der Waals surface area contributed by atoms with Gasteiger partial charge in [0.2, 0.25) is 0 Å². The summed E-state index contributed by atoms with van der Waals surface area (Å²) >= 11 is 0. The number of pyridine rings is 1. The molecule has 1 unspecified atom stereocenters. The predicted octanol–water partition coefficient (Wildman–Crippen LogP) is 1.01. The van der Waals surface area contributed by atoms with Crippen LogP contribution < -0.4 is 5.32 Å². The number of hydrogen-bond donors (Lipinski definition) is 2. The Morgan fingerprint density at radius 3 is 3.06 bits per heavy atom. The van der Waals surface area contributed by atoms with Crippen molar-refractivity contribution >= 4 is 16.9 Å². The van der Waals surface area contributed by atoms with Gasteiger partial charge in [-0.3, -0.25) is 0 Å². The van der Waals surface area contributed by atoms with Gasteiger partial charge in [-0.2, -0.15) is 0 Å². The molecule has 2 aromatic heterocycles. The van der Waals surface area contributed by atoms with E-state index in [0.29, 0.717) is 6.54 Å². The number of nitrogens with zero attached hydrogens (tertiary/aromatic N) is 3. The highest BCUT2D eigenvalue weighted by Gasteiger charge is 2.07. The highest BCUT2D eigenvalue weighted by atomic mass is 16.3. The van der Waals surface area contributed by atoms with Crippen LogP contribution >= 0.6 is 0 Å². The number of nitrogens with one attached hydrogen (secondary N) is 1. The van der Waals surface area contributed by atoms with Gasteiger partial charge in [0, 0.05) is 26.4 Å². The van der Waals surface area contributed by atoms with E-state index >= 15 is 0 Å². The molecule has 0 amide bonds. The van der Waals surface area contributed by atoms with Gasteiger partial charge in [0.25, 0.3) is 0 Å². The summed E-state index contributed by atoms with van der Waals surface area (Å²) in [5, 5.41) is 12.2. The number of aliphatic hydroxyl groups excluding tert-OH is 1. The second-order valence-electron chi connectivity index (χ2n) is 4.05. The molecule has 1 atom stereocenters. The topological polar surface area (TPSA) is 63.0 Å². The first-order valence-corrected chi connectivity index (χ1v) is 5.33. The van der Waals surface area contributed by atoms with Crippen molar-refractivity contribution in [3.8, 4) is 0 Å². The average molecular weight is 220 g/mol. The van der Waals surface area contributed by atoms with Crippen LogP contribution in [-0.4, -0.2) is 32.8 Å². The van der Waals surface area contributed by atoms with E-state index in [4.69, 9.17) is 5.11 Å². The van der Waals surface area contributed by atoms with Crippen molar-refractivity contribution in [2.45, 2.75) is 6.92 Å². The first kappa shape index (κ1) is 10.9. The van der Waals surface area contributed by atoms with Gasteiger partial charge < -0.3 is 15.0 Å². The molecule has 5 nitrogen and oxygen atoms in total. The number of hydrogen-bond acceptors (Lipinski definition) is 4. The number of rotatable bonds is 4. The van der Waals surface area contributed by atoms with E-state index < -0.39 is 0 Å². The van der Waals surface area contributed by atoms with Crippen LogP contribution in [0.1, 0.15) is 6.92 Å². The summed E-state index contributed by atoms with van der Waals surface area (Å²) in [6.07, 6.45) is 3.53. The molecule has 0 aliphatic carbocycles. The summed E-state index contributed by atoms with van der Waals surface area (Å²) in [4.78, 5) is 8.56. The van der Waals surface area contributed by atoms with Gasteiger partial charge in [-0.15, -0.1) is 0 Å². The number of imidazole rings is 1. The molecule has 2 N–H and O–H groups in total. The van der Waals surface area contributed by atoms with Crippen LogP contribution in [0, 0.1) is 5.92 Å². The number of aryl methyl sites for hydroxylation is 1. The minimum absolute atomic E-state index is 0.172. The molecule has 2 rings (SSSR count). The summed E-state index contributed by atoms with van der Waals surface area (Å²) < 4.78 is 1.96. The van der Waals surface area contributed by atoms with Crippen LogP contribution in [0.25, 0.3) is 11.0 Å². The van der Waals surface area contributed by atoms with Crippen molar-refractivity contribution < 1.29 is 5.11 Å². The van der Waals surface area contributed by atoms with E-state index in [-0.39, 0.29) is 12.5 Å². The van der Waals surface area contributed by atoms with E-state index in [2.05, 4.69) is 15.3 Å². The minimum atomic E-state index is 0.172. The summed E-state index contributed by atoms with van der Waals surface area (Å²) in [6.45, 7) is 2.84. The van der Waals surface area contributed by atoms with Gasteiger partial charge >= 0.3 is 0 Å². The van der Waals surface area contributed by atoms with Crippen molar-refractivity contribution in [3.63, 3.8) is 0 Å². The average Bonchev–Trinajstić information content (AvgIpc) is 2.69. The fourth-order valence-electron chi connectivity index (χ4n) is 1.53. The van der Waals surface area contributed by atoms with Crippen LogP contribution in [0.2, 0.25) is 0 Å². The van der Waals surface area contributed by atoms with Gasteiger partial charge in [0.05, 0.1) is 11.8 Å².